The quantitative estimate of drug-likeness (QED) is 0.856. The van der Waals surface area contributed by atoms with Gasteiger partial charge < -0.3 is 5.11 Å². The van der Waals surface area contributed by atoms with Crippen LogP contribution in [0.4, 0.5) is 0 Å². The Morgan fingerprint density at radius 2 is 2.42 bits per heavy atom. The number of hydrogen-bond donors (Lipinski definition) is 1. The highest BCUT2D eigenvalue weighted by atomic mass is 79.9. The maximum atomic E-state index is 8.70. The second kappa shape index (κ2) is 3.18. The van der Waals surface area contributed by atoms with E-state index in [0.29, 0.717) is 12.5 Å². The van der Waals surface area contributed by atoms with E-state index in [4.69, 9.17) is 5.11 Å². The summed E-state index contributed by atoms with van der Waals surface area (Å²) < 4.78 is 2.87. The van der Waals surface area contributed by atoms with Crippen molar-refractivity contribution in [1.82, 2.24) is 9.78 Å². The highest BCUT2D eigenvalue weighted by Crippen LogP contribution is 2.42. The zero-order chi connectivity index (χ0) is 8.55. The van der Waals surface area contributed by atoms with Gasteiger partial charge in [-0.1, -0.05) is 0 Å². The average molecular weight is 231 g/mol. The van der Waals surface area contributed by atoms with Crippen LogP contribution in [0.25, 0.3) is 0 Å². The number of aliphatic hydroxyl groups excluding tert-OH is 1. The topological polar surface area (TPSA) is 38.0 Å². The van der Waals surface area contributed by atoms with Crippen molar-refractivity contribution in [1.29, 1.82) is 0 Å². The Morgan fingerprint density at radius 3 is 3.00 bits per heavy atom. The summed E-state index contributed by atoms with van der Waals surface area (Å²) >= 11 is 3.46. The van der Waals surface area contributed by atoms with Gasteiger partial charge in [0.05, 0.1) is 23.3 Å². The lowest BCUT2D eigenvalue weighted by molar-refractivity contribution is 0.269. The van der Waals surface area contributed by atoms with Crippen molar-refractivity contribution in [3.05, 3.63) is 16.4 Å². The van der Waals surface area contributed by atoms with Gasteiger partial charge in [0, 0.05) is 12.1 Å². The molecule has 4 heteroatoms. The lowest BCUT2D eigenvalue weighted by atomic mass is 10.3. The molecule has 1 heterocycles. The van der Waals surface area contributed by atoms with Crippen LogP contribution in [-0.2, 0) is 6.54 Å². The van der Waals surface area contributed by atoms with E-state index in [1.54, 1.807) is 4.68 Å². The van der Waals surface area contributed by atoms with E-state index in [0.717, 1.165) is 10.2 Å². The molecule has 12 heavy (non-hydrogen) atoms. The predicted molar refractivity (Wildman–Crippen MR) is 49.0 cm³/mol. The van der Waals surface area contributed by atoms with Crippen molar-refractivity contribution in [3.8, 4) is 0 Å². The van der Waals surface area contributed by atoms with Gasteiger partial charge in [0.25, 0.3) is 0 Å². The molecule has 1 N–H and O–H groups in total. The second-order valence-electron chi connectivity index (χ2n) is 3.12. The Kier molecular flexibility index (Phi) is 2.19. The first-order valence-corrected chi connectivity index (χ1v) is 4.94. The molecule has 0 atom stereocenters. The van der Waals surface area contributed by atoms with Gasteiger partial charge in [-0.3, -0.25) is 4.68 Å². The lowest BCUT2D eigenvalue weighted by Gasteiger charge is -1.94. The SMILES string of the molecule is OCCn1cc(Br)c(C2CC2)n1. The highest BCUT2D eigenvalue weighted by molar-refractivity contribution is 9.10. The molecule has 1 aliphatic carbocycles. The van der Waals surface area contributed by atoms with Crippen LogP contribution >= 0.6 is 15.9 Å². The van der Waals surface area contributed by atoms with Crippen molar-refractivity contribution in [2.24, 2.45) is 0 Å². The third kappa shape index (κ3) is 1.54. The third-order valence-corrected chi connectivity index (χ3v) is 2.65. The van der Waals surface area contributed by atoms with Gasteiger partial charge in [-0.05, 0) is 28.8 Å². The molecular formula is C8H11BrN2O. The van der Waals surface area contributed by atoms with E-state index < -0.39 is 0 Å². The smallest absolute Gasteiger partial charge is 0.0797 e. The first-order chi connectivity index (χ1) is 5.81. The summed E-state index contributed by atoms with van der Waals surface area (Å²) in [5.41, 5.74) is 1.16. The number of aromatic nitrogens is 2. The fourth-order valence-electron chi connectivity index (χ4n) is 1.26. The summed E-state index contributed by atoms with van der Waals surface area (Å²) in [6.07, 6.45) is 4.45. The molecule has 0 aromatic carbocycles. The van der Waals surface area contributed by atoms with Gasteiger partial charge in [-0.15, -0.1) is 0 Å². The highest BCUT2D eigenvalue weighted by Gasteiger charge is 2.28. The van der Waals surface area contributed by atoms with E-state index in [2.05, 4.69) is 21.0 Å². The largest absolute Gasteiger partial charge is 0.394 e. The molecule has 1 fully saturated rings. The molecule has 0 unspecified atom stereocenters. The molecule has 0 aliphatic heterocycles. The second-order valence-corrected chi connectivity index (χ2v) is 3.98. The Bertz CT molecular complexity index is 281. The molecule has 0 bridgehead atoms. The summed E-state index contributed by atoms with van der Waals surface area (Å²) in [5, 5.41) is 13.1. The maximum absolute atomic E-state index is 8.70. The molecule has 0 amide bonds. The molecule has 1 saturated carbocycles. The fourth-order valence-corrected chi connectivity index (χ4v) is 1.90. The van der Waals surface area contributed by atoms with Crippen LogP contribution in [0.1, 0.15) is 24.5 Å². The Balaban J connectivity index is 2.18. The van der Waals surface area contributed by atoms with Gasteiger partial charge >= 0.3 is 0 Å². The first kappa shape index (κ1) is 8.26. The normalized spacial score (nSPS) is 16.8. The summed E-state index contributed by atoms with van der Waals surface area (Å²) in [6.45, 7) is 0.740. The predicted octanol–water partition coefficient (Wildman–Crippen LogP) is 1.52. The number of nitrogens with zero attached hydrogens (tertiary/aromatic N) is 2. The summed E-state index contributed by atoms with van der Waals surface area (Å²) in [5.74, 6) is 0.666. The minimum absolute atomic E-state index is 0.151. The molecule has 1 aromatic rings. The summed E-state index contributed by atoms with van der Waals surface area (Å²) in [7, 11) is 0. The van der Waals surface area contributed by atoms with Crippen molar-refractivity contribution in [2.45, 2.75) is 25.3 Å². The van der Waals surface area contributed by atoms with Crippen LogP contribution in [0.3, 0.4) is 0 Å². The standard InChI is InChI=1S/C8H11BrN2O/c9-7-5-11(3-4-12)10-8(7)6-1-2-6/h5-6,12H,1-4H2. The third-order valence-electron chi connectivity index (χ3n) is 2.04. The zero-order valence-electron chi connectivity index (χ0n) is 6.70. The van der Waals surface area contributed by atoms with Gasteiger partial charge in [0.15, 0.2) is 0 Å². The molecule has 1 aromatic heterocycles. The number of rotatable bonds is 3. The van der Waals surface area contributed by atoms with Gasteiger partial charge in [0.1, 0.15) is 0 Å². The van der Waals surface area contributed by atoms with Crippen LogP contribution in [-0.4, -0.2) is 21.5 Å². The fraction of sp³-hybridized carbons (Fsp3) is 0.625. The van der Waals surface area contributed by atoms with Crippen LogP contribution in [0.5, 0.6) is 0 Å². The summed E-state index contributed by atoms with van der Waals surface area (Å²) in [4.78, 5) is 0. The van der Waals surface area contributed by atoms with Crippen molar-refractivity contribution < 1.29 is 5.11 Å². The number of hydrogen-bond acceptors (Lipinski definition) is 2. The Labute approximate surface area is 79.5 Å². The molecule has 0 spiro atoms. The van der Waals surface area contributed by atoms with Gasteiger partial charge in [0.2, 0.25) is 0 Å². The van der Waals surface area contributed by atoms with Gasteiger partial charge in [-0.2, -0.15) is 5.10 Å². The minimum atomic E-state index is 0.151. The Hall–Kier alpha value is -0.350. The number of halogens is 1. The van der Waals surface area contributed by atoms with Crippen LogP contribution in [0.2, 0.25) is 0 Å². The summed E-state index contributed by atoms with van der Waals surface area (Å²) in [6, 6.07) is 0. The molecule has 1 aliphatic rings. The maximum Gasteiger partial charge on any atom is 0.0797 e. The van der Waals surface area contributed by atoms with Crippen LogP contribution < -0.4 is 0 Å². The first-order valence-electron chi connectivity index (χ1n) is 4.15. The van der Waals surface area contributed by atoms with E-state index in [1.165, 1.54) is 12.8 Å². The molecule has 0 radical (unpaired) electrons. The molecular weight excluding hydrogens is 220 g/mol. The lowest BCUT2D eigenvalue weighted by Crippen LogP contribution is -2.02. The Morgan fingerprint density at radius 1 is 1.67 bits per heavy atom. The van der Waals surface area contributed by atoms with E-state index in [-0.39, 0.29) is 6.61 Å². The molecule has 3 nitrogen and oxygen atoms in total. The molecule has 2 rings (SSSR count). The van der Waals surface area contributed by atoms with Crippen LogP contribution in [0, 0.1) is 0 Å². The monoisotopic (exact) mass is 230 g/mol. The van der Waals surface area contributed by atoms with E-state index >= 15 is 0 Å². The van der Waals surface area contributed by atoms with Crippen molar-refractivity contribution >= 4 is 15.9 Å². The van der Waals surface area contributed by atoms with Crippen molar-refractivity contribution in [2.75, 3.05) is 6.61 Å². The molecule has 0 saturated heterocycles. The average Bonchev–Trinajstić information content (AvgIpc) is 2.79. The van der Waals surface area contributed by atoms with E-state index in [1.807, 2.05) is 6.20 Å². The zero-order valence-corrected chi connectivity index (χ0v) is 8.29. The number of aliphatic hydroxyl groups is 1. The van der Waals surface area contributed by atoms with Crippen LogP contribution in [0.15, 0.2) is 10.7 Å². The van der Waals surface area contributed by atoms with E-state index in [9.17, 15) is 0 Å². The minimum Gasteiger partial charge on any atom is -0.394 e. The van der Waals surface area contributed by atoms with Gasteiger partial charge in [-0.25, -0.2) is 0 Å². The molecule has 66 valence electrons. The van der Waals surface area contributed by atoms with Crippen molar-refractivity contribution in [3.63, 3.8) is 0 Å².